The standard InChI is InChI=1S/C16H20N4O2.2ClH/c1-16(4-7-17-8-5-16)11-19-15(21)13-9-14(22-20-13)12-3-2-6-18-10-12;;/h2-3,6,9-10,17H,4-5,7-8,11H2,1H3,(H,19,21);2*1H. The van der Waals surface area contributed by atoms with Crippen LogP contribution in [0.25, 0.3) is 11.3 Å². The van der Waals surface area contributed by atoms with E-state index in [1.54, 1.807) is 18.5 Å². The lowest BCUT2D eigenvalue weighted by Gasteiger charge is -2.33. The maximum atomic E-state index is 12.2. The third-order valence-corrected chi connectivity index (χ3v) is 4.18. The van der Waals surface area contributed by atoms with Crippen LogP contribution in [0.15, 0.2) is 35.1 Å². The fraction of sp³-hybridized carbons (Fsp3) is 0.438. The van der Waals surface area contributed by atoms with Gasteiger partial charge in [0.25, 0.3) is 5.91 Å². The fourth-order valence-corrected chi connectivity index (χ4v) is 2.62. The molecular weight excluding hydrogens is 351 g/mol. The van der Waals surface area contributed by atoms with E-state index in [2.05, 4.69) is 27.7 Å². The van der Waals surface area contributed by atoms with E-state index >= 15 is 0 Å². The van der Waals surface area contributed by atoms with E-state index in [-0.39, 0.29) is 36.1 Å². The van der Waals surface area contributed by atoms with Crippen molar-refractivity contribution < 1.29 is 9.32 Å². The van der Waals surface area contributed by atoms with Crippen LogP contribution in [0.4, 0.5) is 0 Å². The molecular formula is C16H22Cl2N4O2. The molecule has 3 heterocycles. The van der Waals surface area contributed by atoms with Gasteiger partial charge in [-0.1, -0.05) is 12.1 Å². The molecule has 2 aromatic heterocycles. The molecule has 0 atom stereocenters. The van der Waals surface area contributed by atoms with Crippen molar-refractivity contribution >= 4 is 30.7 Å². The summed E-state index contributed by atoms with van der Waals surface area (Å²) < 4.78 is 5.23. The molecule has 1 aliphatic rings. The van der Waals surface area contributed by atoms with Crippen molar-refractivity contribution in [3.8, 4) is 11.3 Å². The Morgan fingerprint density at radius 3 is 2.79 bits per heavy atom. The largest absolute Gasteiger partial charge is 0.355 e. The summed E-state index contributed by atoms with van der Waals surface area (Å²) in [4.78, 5) is 16.2. The molecule has 0 unspecified atom stereocenters. The molecule has 0 spiro atoms. The number of halogens is 2. The molecule has 8 heteroatoms. The number of hydrogen-bond donors (Lipinski definition) is 2. The molecule has 2 aromatic rings. The first kappa shape index (κ1) is 20.4. The van der Waals surface area contributed by atoms with Crippen molar-refractivity contribution in [2.75, 3.05) is 19.6 Å². The Morgan fingerprint density at radius 1 is 1.38 bits per heavy atom. The highest BCUT2D eigenvalue weighted by atomic mass is 35.5. The molecule has 24 heavy (non-hydrogen) atoms. The molecule has 1 fully saturated rings. The summed E-state index contributed by atoms with van der Waals surface area (Å²) in [5.74, 6) is 0.352. The van der Waals surface area contributed by atoms with Gasteiger partial charge in [0.15, 0.2) is 11.5 Å². The Bertz CT molecular complexity index is 643. The van der Waals surface area contributed by atoms with Gasteiger partial charge < -0.3 is 15.2 Å². The van der Waals surface area contributed by atoms with E-state index in [0.29, 0.717) is 18.0 Å². The number of aromatic nitrogens is 2. The number of carbonyl (C=O) groups excluding carboxylic acids is 1. The summed E-state index contributed by atoms with van der Waals surface area (Å²) in [6, 6.07) is 5.33. The van der Waals surface area contributed by atoms with E-state index in [0.717, 1.165) is 31.5 Å². The minimum atomic E-state index is -0.196. The number of nitrogens with one attached hydrogen (secondary N) is 2. The van der Waals surface area contributed by atoms with Gasteiger partial charge in [-0.2, -0.15) is 0 Å². The molecule has 0 aromatic carbocycles. The summed E-state index contributed by atoms with van der Waals surface area (Å²) in [5, 5.41) is 10.2. The van der Waals surface area contributed by atoms with Crippen molar-refractivity contribution in [2.45, 2.75) is 19.8 Å². The zero-order valence-corrected chi connectivity index (χ0v) is 15.1. The molecule has 132 valence electrons. The molecule has 0 radical (unpaired) electrons. The molecule has 2 N–H and O–H groups in total. The van der Waals surface area contributed by atoms with Gasteiger partial charge in [0.1, 0.15) is 0 Å². The average molecular weight is 373 g/mol. The van der Waals surface area contributed by atoms with E-state index < -0.39 is 0 Å². The molecule has 1 saturated heterocycles. The average Bonchev–Trinajstić information content (AvgIpc) is 3.04. The number of carbonyl (C=O) groups is 1. The third-order valence-electron chi connectivity index (χ3n) is 4.18. The Hall–Kier alpha value is -1.63. The van der Waals surface area contributed by atoms with Gasteiger partial charge in [0, 0.05) is 30.6 Å². The van der Waals surface area contributed by atoms with Crippen LogP contribution in [0.1, 0.15) is 30.3 Å². The minimum Gasteiger partial charge on any atom is -0.355 e. The maximum Gasteiger partial charge on any atom is 0.273 e. The molecule has 0 aliphatic carbocycles. The lowest BCUT2D eigenvalue weighted by atomic mass is 9.81. The number of rotatable bonds is 4. The van der Waals surface area contributed by atoms with Gasteiger partial charge in [-0.15, -0.1) is 24.8 Å². The topological polar surface area (TPSA) is 80.1 Å². The summed E-state index contributed by atoms with van der Waals surface area (Å²) in [5.41, 5.74) is 1.26. The molecule has 0 bridgehead atoms. The quantitative estimate of drug-likeness (QED) is 0.862. The van der Waals surface area contributed by atoms with E-state index in [9.17, 15) is 4.79 Å². The molecule has 6 nitrogen and oxygen atoms in total. The van der Waals surface area contributed by atoms with Gasteiger partial charge in [-0.05, 0) is 43.5 Å². The van der Waals surface area contributed by atoms with Crippen molar-refractivity contribution in [2.24, 2.45) is 5.41 Å². The summed E-state index contributed by atoms with van der Waals surface area (Å²) in [6.07, 6.45) is 5.49. The number of hydrogen-bond acceptors (Lipinski definition) is 5. The predicted molar refractivity (Wildman–Crippen MR) is 96.8 cm³/mol. The van der Waals surface area contributed by atoms with Gasteiger partial charge in [0.05, 0.1) is 0 Å². The minimum absolute atomic E-state index is 0. The zero-order valence-electron chi connectivity index (χ0n) is 13.4. The van der Waals surface area contributed by atoms with Crippen LogP contribution >= 0.6 is 24.8 Å². The van der Waals surface area contributed by atoms with Crippen LogP contribution in [-0.2, 0) is 0 Å². The van der Waals surface area contributed by atoms with Crippen molar-refractivity contribution in [1.82, 2.24) is 20.8 Å². The Labute approximate surface area is 153 Å². The second-order valence-corrected chi connectivity index (χ2v) is 6.06. The Balaban J connectivity index is 0.00000144. The summed E-state index contributed by atoms with van der Waals surface area (Å²) >= 11 is 0. The highest BCUT2D eigenvalue weighted by Gasteiger charge is 2.27. The number of nitrogens with zero attached hydrogens (tertiary/aromatic N) is 2. The third kappa shape index (κ3) is 4.93. The van der Waals surface area contributed by atoms with Crippen LogP contribution < -0.4 is 10.6 Å². The second-order valence-electron chi connectivity index (χ2n) is 6.06. The van der Waals surface area contributed by atoms with E-state index in [1.807, 2.05) is 12.1 Å². The first-order valence-electron chi connectivity index (χ1n) is 7.52. The van der Waals surface area contributed by atoms with Crippen LogP contribution in [0.2, 0.25) is 0 Å². The zero-order chi connectivity index (χ0) is 15.4. The van der Waals surface area contributed by atoms with Crippen molar-refractivity contribution in [3.05, 3.63) is 36.3 Å². The highest BCUT2D eigenvalue weighted by molar-refractivity contribution is 5.93. The molecule has 0 saturated carbocycles. The molecule has 1 amide bonds. The lowest BCUT2D eigenvalue weighted by molar-refractivity contribution is 0.0913. The fourth-order valence-electron chi connectivity index (χ4n) is 2.62. The summed E-state index contributed by atoms with van der Waals surface area (Å²) in [7, 11) is 0. The normalized spacial score (nSPS) is 15.7. The van der Waals surface area contributed by atoms with Gasteiger partial charge in [0.2, 0.25) is 0 Å². The number of pyridine rings is 1. The Kier molecular flexibility index (Phi) is 7.66. The molecule has 3 rings (SSSR count). The SMILES string of the molecule is CC1(CNC(=O)c2cc(-c3cccnc3)on2)CCNCC1.Cl.Cl. The van der Waals surface area contributed by atoms with Gasteiger partial charge in [-0.25, -0.2) is 0 Å². The smallest absolute Gasteiger partial charge is 0.273 e. The van der Waals surface area contributed by atoms with Crippen LogP contribution in [0, 0.1) is 5.41 Å². The first-order valence-corrected chi connectivity index (χ1v) is 7.52. The van der Waals surface area contributed by atoms with Crippen molar-refractivity contribution in [3.63, 3.8) is 0 Å². The highest BCUT2D eigenvalue weighted by Crippen LogP contribution is 2.27. The summed E-state index contributed by atoms with van der Waals surface area (Å²) in [6.45, 7) is 4.86. The van der Waals surface area contributed by atoms with Gasteiger partial charge >= 0.3 is 0 Å². The first-order chi connectivity index (χ1) is 10.7. The van der Waals surface area contributed by atoms with Crippen molar-refractivity contribution in [1.29, 1.82) is 0 Å². The van der Waals surface area contributed by atoms with Gasteiger partial charge in [-0.3, -0.25) is 9.78 Å². The monoisotopic (exact) mass is 372 g/mol. The van der Waals surface area contributed by atoms with Crippen LogP contribution in [0.5, 0.6) is 0 Å². The Morgan fingerprint density at radius 2 is 2.12 bits per heavy atom. The maximum absolute atomic E-state index is 12.2. The predicted octanol–water partition coefficient (Wildman–Crippen LogP) is 2.70. The van der Waals surface area contributed by atoms with Crippen LogP contribution in [-0.4, -0.2) is 35.7 Å². The molecule has 1 aliphatic heterocycles. The lowest BCUT2D eigenvalue weighted by Crippen LogP contribution is -2.42. The second kappa shape index (κ2) is 9.01. The van der Waals surface area contributed by atoms with Crippen LogP contribution in [0.3, 0.4) is 0 Å². The van der Waals surface area contributed by atoms with E-state index in [4.69, 9.17) is 4.52 Å². The number of piperidine rings is 1. The number of amides is 1. The van der Waals surface area contributed by atoms with E-state index in [1.165, 1.54) is 0 Å².